The van der Waals surface area contributed by atoms with Gasteiger partial charge in [-0.05, 0) is 38.1 Å². The number of methoxy groups -OCH3 is 1. The fraction of sp³-hybridized carbons (Fsp3) is 0.222. The van der Waals surface area contributed by atoms with Crippen LogP contribution in [0.1, 0.15) is 34.6 Å². The number of ether oxygens (including phenoxy) is 2. The molecule has 0 aromatic heterocycles. The van der Waals surface area contributed by atoms with E-state index in [0.717, 1.165) is 0 Å². The van der Waals surface area contributed by atoms with Crippen molar-refractivity contribution in [1.82, 2.24) is 0 Å². The largest absolute Gasteiger partial charge is 0.423 e. The van der Waals surface area contributed by atoms with Crippen LogP contribution in [-0.2, 0) is 4.74 Å². The molecule has 0 saturated heterocycles. The first-order valence-electron chi connectivity index (χ1n) is 7.41. The highest BCUT2D eigenvalue weighted by Gasteiger charge is 2.28. The second-order valence-corrected chi connectivity index (χ2v) is 5.76. The van der Waals surface area contributed by atoms with Crippen molar-refractivity contribution in [1.29, 1.82) is 0 Å². The van der Waals surface area contributed by atoms with E-state index < -0.39 is 16.5 Å². The monoisotopic (exact) mass is 343 g/mol. The average Bonchev–Trinajstić information content (AvgIpc) is 2.61. The number of hydrogen-bond donors (Lipinski definition) is 0. The molecule has 0 unspecified atom stereocenters. The lowest BCUT2D eigenvalue weighted by Gasteiger charge is -2.21. The van der Waals surface area contributed by atoms with Crippen molar-refractivity contribution >= 4 is 17.4 Å². The van der Waals surface area contributed by atoms with Gasteiger partial charge in [-0.3, -0.25) is 14.9 Å². The van der Waals surface area contributed by atoms with Crippen molar-refractivity contribution in [3.05, 3.63) is 69.8 Å². The van der Waals surface area contributed by atoms with Gasteiger partial charge in [-0.15, -0.1) is 0 Å². The Labute approximate surface area is 144 Å². The normalized spacial score (nSPS) is 11.0. The minimum atomic E-state index is -0.958. The Bertz CT molecular complexity index is 793. The topological polar surface area (TPSA) is 95.7 Å². The van der Waals surface area contributed by atoms with Gasteiger partial charge >= 0.3 is 5.97 Å². The molecule has 0 heterocycles. The lowest BCUT2D eigenvalue weighted by molar-refractivity contribution is -0.384. The molecule has 0 fully saturated rings. The average molecular weight is 343 g/mol. The number of esters is 1. The molecule has 0 spiro atoms. The highest BCUT2D eigenvalue weighted by atomic mass is 16.6. The van der Waals surface area contributed by atoms with Gasteiger partial charge in [-0.25, -0.2) is 4.79 Å². The number of hydrogen-bond acceptors (Lipinski definition) is 6. The van der Waals surface area contributed by atoms with Gasteiger partial charge < -0.3 is 9.47 Å². The number of non-ortho nitro benzene ring substituents is 1. The van der Waals surface area contributed by atoms with E-state index in [0.29, 0.717) is 5.56 Å². The molecule has 0 amide bonds. The fourth-order valence-corrected chi connectivity index (χ4v) is 2.00. The molecular formula is C18H17NO6. The first-order valence-corrected chi connectivity index (χ1v) is 7.41. The van der Waals surface area contributed by atoms with Crippen LogP contribution in [0.2, 0.25) is 0 Å². The minimum Gasteiger partial charge on any atom is -0.423 e. The Morgan fingerprint density at radius 2 is 1.48 bits per heavy atom. The zero-order valence-corrected chi connectivity index (χ0v) is 14.0. The maximum atomic E-state index is 12.3. The number of Topliss-reactive ketones (excluding diaryl/α,β-unsaturated/α-hetero) is 1. The van der Waals surface area contributed by atoms with Crippen LogP contribution in [0, 0.1) is 10.1 Å². The second-order valence-electron chi connectivity index (χ2n) is 5.76. The summed E-state index contributed by atoms with van der Waals surface area (Å²) in [5, 5.41) is 10.6. The predicted molar refractivity (Wildman–Crippen MR) is 89.9 cm³/mol. The SMILES string of the molecule is COC(C)(C)C(=O)c1ccc(C(=O)Oc2ccc([N+](=O)[O-])cc2)cc1. The molecule has 0 bridgehead atoms. The number of nitro benzene ring substituents is 1. The summed E-state index contributed by atoms with van der Waals surface area (Å²) in [6, 6.07) is 11.2. The summed E-state index contributed by atoms with van der Waals surface area (Å²) >= 11 is 0. The van der Waals surface area contributed by atoms with Crippen LogP contribution in [0.3, 0.4) is 0 Å². The Kier molecular flexibility index (Phi) is 5.29. The van der Waals surface area contributed by atoms with Gasteiger partial charge in [0.2, 0.25) is 0 Å². The fourth-order valence-electron chi connectivity index (χ4n) is 2.00. The number of ketones is 1. The van der Waals surface area contributed by atoms with Gasteiger partial charge in [0.1, 0.15) is 11.4 Å². The molecule has 0 aliphatic heterocycles. The van der Waals surface area contributed by atoms with Gasteiger partial charge in [-0.1, -0.05) is 12.1 Å². The summed E-state index contributed by atoms with van der Waals surface area (Å²) in [6.45, 7) is 3.32. The molecule has 2 rings (SSSR count). The van der Waals surface area contributed by atoms with Gasteiger partial charge in [0.25, 0.3) is 5.69 Å². The van der Waals surface area contributed by atoms with Crippen LogP contribution in [0.25, 0.3) is 0 Å². The van der Waals surface area contributed by atoms with Crippen LogP contribution in [0.4, 0.5) is 5.69 Å². The molecular weight excluding hydrogens is 326 g/mol. The van der Waals surface area contributed by atoms with Crippen LogP contribution >= 0.6 is 0 Å². The van der Waals surface area contributed by atoms with Gasteiger partial charge in [0, 0.05) is 24.8 Å². The summed E-state index contributed by atoms with van der Waals surface area (Å²) < 4.78 is 10.3. The van der Waals surface area contributed by atoms with Crippen LogP contribution in [-0.4, -0.2) is 29.4 Å². The Morgan fingerprint density at radius 1 is 0.960 bits per heavy atom. The summed E-state index contributed by atoms with van der Waals surface area (Å²) in [4.78, 5) is 34.4. The molecule has 0 atom stereocenters. The third-order valence-electron chi connectivity index (χ3n) is 3.70. The van der Waals surface area contributed by atoms with Gasteiger partial charge in [-0.2, -0.15) is 0 Å². The minimum absolute atomic E-state index is 0.0941. The number of benzene rings is 2. The first kappa shape index (κ1) is 18.3. The van der Waals surface area contributed by atoms with Crippen LogP contribution < -0.4 is 4.74 Å². The molecule has 0 saturated carbocycles. The van der Waals surface area contributed by atoms with Crippen molar-refractivity contribution in [2.45, 2.75) is 19.4 Å². The zero-order chi connectivity index (χ0) is 18.6. The lowest BCUT2D eigenvalue weighted by Crippen LogP contribution is -2.33. The van der Waals surface area contributed by atoms with E-state index in [1.807, 2.05) is 0 Å². The molecule has 2 aromatic rings. The number of carbonyl (C=O) groups is 2. The summed E-state index contributed by atoms with van der Waals surface area (Å²) in [5.41, 5.74) is -0.381. The number of rotatable bonds is 6. The van der Waals surface area contributed by atoms with E-state index in [1.165, 1.54) is 55.6 Å². The van der Waals surface area contributed by atoms with E-state index >= 15 is 0 Å². The van der Waals surface area contributed by atoms with E-state index in [9.17, 15) is 19.7 Å². The Balaban J connectivity index is 2.10. The summed E-state index contributed by atoms with van der Waals surface area (Å²) in [6.07, 6.45) is 0. The molecule has 130 valence electrons. The van der Waals surface area contributed by atoms with Crippen LogP contribution in [0.15, 0.2) is 48.5 Å². The second kappa shape index (κ2) is 7.23. The number of carbonyl (C=O) groups excluding carboxylic acids is 2. The zero-order valence-electron chi connectivity index (χ0n) is 14.0. The Morgan fingerprint density at radius 3 is 1.96 bits per heavy atom. The van der Waals surface area contributed by atoms with E-state index in [2.05, 4.69) is 0 Å². The molecule has 7 heteroatoms. The molecule has 0 aliphatic carbocycles. The van der Waals surface area contributed by atoms with E-state index in [4.69, 9.17) is 9.47 Å². The molecule has 0 radical (unpaired) electrons. The highest BCUT2D eigenvalue weighted by molar-refractivity contribution is 6.02. The molecule has 7 nitrogen and oxygen atoms in total. The van der Waals surface area contributed by atoms with Crippen molar-refractivity contribution < 1.29 is 24.0 Å². The third-order valence-corrected chi connectivity index (χ3v) is 3.70. The lowest BCUT2D eigenvalue weighted by atomic mass is 9.96. The standard InChI is InChI=1S/C18H17NO6/c1-18(2,24-3)16(20)12-4-6-13(7-5-12)17(21)25-15-10-8-14(9-11-15)19(22)23/h4-11H,1-3H3. The molecule has 0 aliphatic rings. The molecule has 0 N–H and O–H groups in total. The summed E-state index contributed by atoms with van der Waals surface area (Å²) in [7, 11) is 1.45. The van der Waals surface area contributed by atoms with Crippen molar-refractivity contribution in [3.63, 3.8) is 0 Å². The molecule has 25 heavy (non-hydrogen) atoms. The van der Waals surface area contributed by atoms with Crippen molar-refractivity contribution in [2.24, 2.45) is 0 Å². The van der Waals surface area contributed by atoms with Crippen molar-refractivity contribution in [3.8, 4) is 5.75 Å². The van der Waals surface area contributed by atoms with Gasteiger partial charge in [0.15, 0.2) is 5.78 Å². The highest BCUT2D eigenvalue weighted by Crippen LogP contribution is 2.20. The quantitative estimate of drug-likeness (QED) is 0.262. The smallest absolute Gasteiger partial charge is 0.343 e. The predicted octanol–water partition coefficient (Wildman–Crippen LogP) is 3.42. The van der Waals surface area contributed by atoms with E-state index in [-0.39, 0.29) is 22.8 Å². The maximum Gasteiger partial charge on any atom is 0.343 e. The maximum absolute atomic E-state index is 12.3. The first-order chi connectivity index (χ1) is 11.7. The van der Waals surface area contributed by atoms with Crippen molar-refractivity contribution in [2.75, 3.05) is 7.11 Å². The number of nitrogens with zero attached hydrogens (tertiary/aromatic N) is 1. The third kappa shape index (κ3) is 4.27. The van der Waals surface area contributed by atoms with E-state index in [1.54, 1.807) is 13.8 Å². The van der Waals surface area contributed by atoms with Crippen LogP contribution in [0.5, 0.6) is 5.75 Å². The molecule has 2 aromatic carbocycles. The number of nitro groups is 1. The summed E-state index contributed by atoms with van der Waals surface area (Å²) in [5.74, 6) is -0.639. The van der Waals surface area contributed by atoms with Gasteiger partial charge in [0.05, 0.1) is 10.5 Å². The Hall–Kier alpha value is -3.06.